The zero-order chi connectivity index (χ0) is 15.2. The first-order chi connectivity index (χ1) is 10.1. The fourth-order valence-corrected chi connectivity index (χ4v) is 1.82. The Morgan fingerprint density at radius 1 is 1.05 bits per heavy atom. The highest BCUT2D eigenvalue weighted by molar-refractivity contribution is 5.70. The van der Waals surface area contributed by atoms with Gasteiger partial charge in [-0.1, -0.05) is 24.3 Å². The molecule has 1 N–H and O–H groups in total. The molecule has 0 radical (unpaired) electrons. The van der Waals surface area contributed by atoms with Crippen LogP contribution in [-0.4, -0.2) is 23.8 Å². The lowest BCUT2D eigenvalue weighted by Crippen LogP contribution is -2.17. The van der Waals surface area contributed by atoms with Crippen molar-refractivity contribution in [2.75, 3.05) is 18.7 Å². The molecule has 21 heavy (non-hydrogen) atoms. The second-order valence-corrected chi connectivity index (χ2v) is 4.61. The van der Waals surface area contributed by atoms with Crippen LogP contribution < -0.4 is 4.90 Å². The average Bonchev–Trinajstić information content (AvgIpc) is 2.53. The summed E-state index contributed by atoms with van der Waals surface area (Å²) in [5.74, 6) is 0. The summed E-state index contributed by atoms with van der Waals surface area (Å²) in [5.41, 5.74) is 2.94. The average molecular weight is 284 g/mol. The molecule has 0 aliphatic carbocycles. The maximum atomic E-state index is 10.6. The van der Waals surface area contributed by atoms with Crippen molar-refractivity contribution in [2.45, 2.75) is 0 Å². The highest BCUT2D eigenvalue weighted by atomic mass is 16.6. The standard InChI is InChI=1S/C16H16N2O3/c1-17(12-19)15-8-4-13(5-9-15)2-3-14-6-10-16(11-7-14)18(20)21/h2-11,19H,12H2,1H3. The molecular formula is C16H16N2O3. The Labute approximate surface area is 122 Å². The molecule has 0 saturated carbocycles. The zero-order valence-corrected chi connectivity index (χ0v) is 11.6. The van der Waals surface area contributed by atoms with E-state index in [9.17, 15) is 10.1 Å². The number of aliphatic hydroxyl groups is 1. The Kier molecular flexibility index (Phi) is 4.68. The molecule has 0 aliphatic heterocycles. The molecule has 0 amide bonds. The summed E-state index contributed by atoms with van der Waals surface area (Å²) in [6, 6.07) is 14.1. The van der Waals surface area contributed by atoms with Gasteiger partial charge < -0.3 is 10.0 Å². The van der Waals surface area contributed by atoms with Crippen LogP contribution in [0.25, 0.3) is 12.2 Å². The van der Waals surface area contributed by atoms with E-state index in [-0.39, 0.29) is 12.4 Å². The number of hydrogen-bond donors (Lipinski definition) is 1. The molecular weight excluding hydrogens is 268 g/mol. The number of non-ortho nitro benzene ring substituents is 1. The SMILES string of the molecule is CN(CO)c1ccc(C=Cc2ccc([N+](=O)[O-])cc2)cc1. The van der Waals surface area contributed by atoms with Crippen LogP contribution in [0.4, 0.5) is 11.4 Å². The fourth-order valence-electron chi connectivity index (χ4n) is 1.82. The highest BCUT2D eigenvalue weighted by Crippen LogP contribution is 2.17. The molecule has 0 atom stereocenters. The van der Waals surface area contributed by atoms with Crippen LogP contribution in [0.15, 0.2) is 48.5 Å². The van der Waals surface area contributed by atoms with Crippen LogP contribution in [0, 0.1) is 10.1 Å². The number of hydrogen-bond acceptors (Lipinski definition) is 4. The van der Waals surface area contributed by atoms with Crippen molar-refractivity contribution in [3.05, 3.63) is 69.8 Å². The smallest absolute Gasteiger partial charge is 0.269 e. The molecule has 0 spiro atoms. The normalized spacial score (nSPS) is 10.8. The van der Waals surface area contributed by atoms with Gasteiger partial charge in [-0.15, -0.1) is 0 Å². The first kappa shape index (κ1) is 14.7. The summed E-state index contributed by atoms with van der Waals surface area (Å²) in [7, 11) is 1.81. The van der Waals surface area contributed by atoms with E-state index in [2.05, 4.69) is 0 Å². The monoisotopic (exact) mass is 284 g/mol. The van der Waals surface area contributed by atoms with Gasteiger partial charge in [0.1, 0.15) is 6.73 Å². The van der Waals surface area contributed by atoms with Gasteiger partial charge in [-0.2, -0.15) is 0 Å². The highest BCUT2D eigenvalue weighted by Gasteiger charge is 2.02. The number of nitrogens with zero attached hydrogens (tertiary/aromatic N) is 2. The minimum Gasteiger partial charge on any atom is -0.376 e. The van der Waals surface area contributed by atoms with Gasteiger partial charge in [0.25, 0.3) is 5.69 Å². The summed E-state index contributed by atoms with van der Waals surface area (Å²) in [5, 5.41) is 19.6. The van der Waals surface area contributed by atoms with Gasteiger partial charge in [-0.25, -0.2) is 0 Å². The molecule has 0 heterocycles. The molecule has 0 unspecified atom stereocenters. The van der Waals surface area contributed by atoms with Gasteiger partial charge in [0.05, 0.1) is 4.92 Å². The molecule has 0 fully saturated rings. The van der Waals surface area contributed by atoms with Crippen LogP contribution in [0.1, 0.15) is 11.1 Å². The lowest BCUT2D eigenvalue weighted by atomic mass is 10.1. The lowest BCUT2D eigenvalue weighted by molar-refractivity contribution is -0.384. The Bertz CT molecular complexity index is 634. The van der Waals surface area contributed by atoms with Crippen molar-refractivity contribution < 1.29 is 10.0 Å². The van der Waals surface area contributed by atoms with E-state index in [0.717, 1.165) is 16.8 Å². The Morgan fingerprint density at radius 3 is 1.95 bits per heavy atom. The molecule has 2 rings (SSSR count). The lowest BCUT2D eigenvalue weighted by Gasteiger charge is -2.15. The van der Waals surface area contributed by atoms with Gasteiger partial charge in [0, 0.05) is 24.9 Å². The summed E-state index contributed by atoms with van der Waals surface area (Å²) < 4.78 is 0. The van der Waals surface area contributed by atoms with E-state index in [1.807, 2.05) is 43.5 Å². The van der Waals surface area contributed by atoms with Crippen molar-refractivity contribution in [1.29, 1.82) is 0 Å². The first-order valence-electron chi connectivity index (χ1n) is 6.45. The van der Waals surface area contributed by atoms with Gasteiger partial charge in [0.2, 0.25) is 0 Å². The first-order valence-corrected chi connectivity index (χ1v) is 6.45. The minimum atomic E-state index is -0.413. The topological polar surface area (TPSA) is 66.6 Å². The third-order valence-corrected chi connectivity index (χ3v) is 3.12. The number of nitro benzene ring substituents is 1. The van der Waals surface area contributed by atoms with Crippen molar-refractivity contribution in [3.63, 3.8) is 0 Å². The van der Waals surface area contributed by atoms with Crippen molar-refractivity contribution in [3.8, 4) is 0 Å². The Morgan fingerprint density at radius 2 is 1.52 bits per heavy atom. The van der Waals surface area contributed by atoms with E-state index >= 15 is 0 Å². The van der Waals surface area contributed by atoms with Gasteiger partial charge >= 0.3 is 0 Å². The van der Waals surface area contributed by atoms with Crippen molar-refractivity contribution in [1.82, 2.24) is 0 Å². The Balaban J connectivity index is 2.08. The summed E-state index contributed by atoms with van der Waals surface area (Å²) in [6.07, 6.45) is 3.83. The summed E-state index contributed by atoms with van der Waals surface area (Å²) in [6.45, 7) is -0.0298. The van der Waals surface area contributed by atoms with Crippen molar-refractivity contribution >= 4 is 23.5 Å². The predicted molar refractivity (Wildman–Crippen MR) is 84.0 cm³/mol. The Hall–Kier alpha value is -2.66. The molecule has 2 aromatic rings. The molecule has 0 aromatic heterocycles. The predicted octanol–water partition coefficient (Wildman–Crippen LogP) is 3.15. The third-order valence-electron chi connectivity index (χ3n) is 3.12. The second kappa shape index (κ2) is 6.67. The van der Waals surface area contributed by atoms with Crippen LogP contribution in [0.3, 0.4) is 0 Å². The van der Waals surface area contributed by atoms with Crippen LogP contribution in [0.5, 0.6) is 0 Å². The van der Waals surface area contributed by atoms with Gasteiger partial charge in [-0.3, -0.25) is 10.1 Å². The van der Waals surface area contributed by atoms with Crippen LogP contribution in [0.2, 0.25) is 0 Å². The van der Waals surface area contributed by atoms with E-state index < -0.39 is 4.92 Å². The minimum absolute atomic E-state index is 0.0298. The van der Waals surface area contributed by atoms with E-state index in [4.69, 9.17) is 5.11 Å². The second-order valence-electron chi connectivity index (χ2n) is 4.61. The molecule has 0 bridgehead atoms. The summed E-state index contributed by atoms with van der Waals surface area (Å²) in [4.78, 5) is 11.9. The third kappa shape index (κ3) is 3.90. The molecule has 0 aliphatic rings. The number of aliphatic hydroxyl groups excluding tert-OH is 1. The molecule has 5 nitrogen and oxygen atoms in total. The van der Waals surface area contributed by atoms with E-state index in [0.29, 0.717) is 0 Å². The van der Waals surface area contributed by atoms with Gasteiger partial charge in [0.15, 0.2) is 0 Å². The van der Waals surface area contributed by atoms with Crippen LogP contribution >= 0.6 is 0 Å². The molecule has 0 saturated heterocycles. The molecule has 5 heteroatoms. The number of anilines is 1. The van der Waals surface area contributed by atoms with Crippen LogP contribution in [-0.2, 0) is 0 Å². The van der Waals surface area contributed by atoms with Gasteiger partial charge in [-0.05, 0) is 35.4 Å². The number of benzene rings is 2. The fraction of sp³-hybridized carbons (Fsp3) is 0.125. The zero-order valence-electron chi connectivity index (χ0n) is 11.6. The molecule has 108 valence electrons. The number of rotatable bonds is 5. The van der Waals surface area contributed by atoms with E-state index in [1.165, 1.54) is 12.1 Å². The van der Waals surface area contributed by atoms with E-state index in [1.54, 1.807) is 17.0 Å². The maximum absolute atomic E-state index is 10.6. The summed E-state index contributed by atoms with van der Waals surface area (Å²) >= 11 is 0. The maximum Gasteiger partial charge on any atom is 0.269 e. The molecule has 2 aromatic carbocycles. The largest absolute Gasteiger partial charge is 0.376 e. The quantitative estimate of drug-likeness (QED) is 0.396. The number of nitro groups is 1. The van der Waals surface area contributed by atoms with Crippen molar-refractivity contribution in [2.24, 2.45) is 0 Å².